The molecule has 0 amide bonds. The van der Waals surface area contributed by atoms with Crippen LogP contribution in [0.5, 0.6) is 11.5 Å². The second kappa shape index (κ2) is 5.72. The molecule has 1 fully saturated rings. The van der Waals surface area contributed by atoms with E-state index >= 15 is 0 Å². The van der Waals surface area contributed by atoms with E-state index in [2.05, 4.69) is 11.0 Å². The molecule has 1 aromatic rings. The summed E-state index contributed by atoms with van der Waals surface area (Å²) in [5, 5.41) is 8.64. The highest BCUT2D eigenvalue weighted by Crippen LogP contribution is 2.45. The van der Waals surface area contributed by atoms with E-state index in [4.69, 9.17) is 14.7 Å². The van der Waals surface area contributed by atoms with Crippen LogP contribution in [0.1, 0.15) is 24.3 Å². The Labute approximate surface area is 119 Å². The van der Waals surface area contributed by atoms with Crippen molar-refractivity contribution < 1.29 is 9.47 Å². The van der Waals surface area contributed by atoms with Crippen LogP contribution < -0.4 is 9.47 Å². The summed E-state index contributed by atoms with van der Waals surface area (Å²) in [7, 11) is 1.72. The second-order valence-electron chi connectivity index (χ2n) is 5.57. The van der Waals surface area contributed by atoms with Gasteiger partial charge < -0.3 is 14.4 Å². The first-order valence-electron chi connectivity index (χ1n) is 7.22. The summed E-state index contributed by atoms with van der Waals surface area (Å²) >= 11 is 0. The van der Waals surface area contributed by atoms with Crippen LogP contribution in [0.3, 0.4) is 0 Å². The van der Waals surface area contributed by atoms with Gasteiger partial charge in [0.2, 0.25) is 0 Å². The molecule has 0 aliphatic carbocycles. The summed E-state index contributed by atoms with van der Waals surface area (Å²) in [6, 6.07) is 8.25. The van der Waals surface area contributed by atoms with Gasteiger partial charge in [-0.2, -0.15) is 5.26 Å². The van der Waals surface area contributed by atoms with Gasteiger partial charge in [-0.3, -0.25) is 0 Å². The normalized spacial score (nSPS) is 24.4. The first-order valence-corrected chi connectivity index (χ1v) is 7.22. The lowest BCUT2D eigenvalue weighted by Gasteiger charge is -2.29. The van der Waals surface area contributed by atoms with Crippen molar-refractivity contribution in [1.29, 1.82) is 5.26 Å². The monoisotopic (exact) mass is 272 g/mol. The van der Waals surface area contributed by atoms with Gasteiger partial charge in [0.25, 0.3) is 0 Å². The van der Waals surface area contributed by atoms with Crippen molar-refractivity contribution in [2.24, 2.45) is 5.92 Å². The molecule has 1 saturated heterocycles. The molecule has 2 atom stereocenters. The van der Waals surface area contributed by atoms with Gasteiger partial charge in [-0.25, -0.2) is 0 Å². The molecule has 2 aliphatic rings. The topological polar surface area (TPSA) is 45.5 Å². The van der Waals surface area contributed by atoms with E-state index < -0.39 is 0 Å². The van der Waals surface area contributed by atoms with Crippen molar-refractivity contribution in [3.05, 3.63) is 23.8 Å². The van der Waals surface area contributed by atoms with E-state index in [1.807, 2.05) is 18.2 Å². The minimum atomic E-state index is 0.497. The Bertz CT molecular complexity index is 509. The summed E-state index contributed by atoms with van der Waals surface area (Å²) in [6.07, 6.45) is 1.60. The van der Waals surface area contributed by atoms with Crippen LogP contribution >= 0.6 is 0 Å². The first kappa shape index (κ1) is 13.3. The Morgan fingerprint density at radius 2 is 2.35 bits per heavy atom. The third-order valence-electron chi connectivity index (χ3n) is 4.35. The van der Waals surface area contributed by atoms with E-state index in [0.29, 0.717) is 18.3 Å². The smallest absolute Gasteiger partial charge is 0.126 e. The summed E-state index contributed by atoms with van der Waals surface area (Å²) < 4.78 is 11.4. The molecule has 4 heteroatoms. The van der Waals surface area contributed by atoms with Gasteiger partial charge in [-0.1, -0.05) is 6.07 Å². The zero-order valence-electron chi connectivity index (χ0n) is 11.8. The van der Waals surface area contributed by atoms with Gasteiger partial charge in [-0.05, 0) is 25.1 Å². The van der Waals surface area contributed by atoms with Crippen molar-refractivity contribution in [3.63, 3.8) is 0 Å². The number of hydrogen-bond acceptors (Lipinski definition) is 4. The number of unbranched alkanes of at least 4 members (excludes halogenated alkanes) is 1. The second-order valence-corrected chi connectivity index (χ2v) is 5.57. The van der Waals surface area contributed by atoms with E-state index in [1.165, 1.54) is 5.56 Å². The average Bonchev–Trinajstić information content (AvgIpc) is 2.89. The van der Waals surface area contributed by atoms with Gasteiger partial charge in [0.15, 0.2) is 0 Å². The van der Waals surface area contributed by atoms with E-state index in [-0.39, 0.29) is 0 Å². The number of hydrogen-bond donors (Lipinski definition) is 0. The fraction of sp³-hybridized carbons (Fsp3) is 0.562. The molecule has 4 nitrogen and oxygen atoms in total. The summed E-state index contributed by atoms with van der Waals surface area (Å²) in [5.74, 6) is 2.96. The fourth-order valence-corrected chi connectivity index (χ4v) is 3.41. The van der Waals surface area contributed by atoms with Crippen LogP contribution in [0.2, 0.25) is 0 Å². The molecule has 106 valence electrons. The van der Waals surface area contributed by atoms with Gasteiger partial charge in [-0.15, -0.1) is 0 Å². The summed E-state index contributed by atoms with van der Waals surface area (Å²) in [5.41, 5.74) is 1.23. The van der Waals surface area contributed by atoms with Gasteiger partial charge in [0, 0.05) is 36.9 Å². The zero-order chi connectivity index (χ0) is 13.9. The molecule has 0 saturated carbocycles. The van der Waals surface area contributed by atoms with Gasteiger partial charge in [0.1, 0.15) is 11.5 Å². The maximum atomic E-state index is 8.64. The Morgan fingerprint density at radius 3 is 3.15 bits per heavy atom. The van der Waals surface area contributed by atoms with Crippen molar-refractivity contribution in [1.82, 2.24) is 4.90 Å². The van der Waals surface area contributed by atoms with E-state index in [9.17, 15) is 0 Å². The van der Waals surface area contributed by atoms with Gasteiger partial charge >= 0.3 is 0 Å². The number of likely N-dealkylation sites (tertiary alicyclic amines) is 1. The Hall–Kier alpha value is -1.73. The lowest BCUT2D eigenvalue weighted by Crippen LogP contribution is -2.25. The van der Waals surface area contributed by atoms with Crippen molar-refractivity contribution in [2.45, 2.75) is 18.8 Å². The molecule has 0 N–H and O–H groups in total. The summed E-state index contributed by atoms with van der Waals surface area (Å²) in [4.78, 5) is 2.46. The lowest BCUT2D eigenvalue weighted by molar-refractivity contribution is 0.209. The molecule has 2 aliphatic heterocycles. The minimum Gasteiger partial charge on any atom is -0.496 e. The van der Waals surface area contributed by atoms with Gasteiger partial charge in [0.05, 0.1) is 19.8 Å². The number of benzene rings is 1. The first-order chi connectivity index (χ1) is 9.83. The fourth-order valence-electron chi connectivity index (χ4n) is 3.41. The van der Waals surface area contributed by atoms with Crippen LogP contribution in [-0.4, -0.2) is 38.3 Å². The third kappa shape index (κ3) is 2.34. The largest absolute Gasteiger partial charge is 0.496 e. The third-order valence-corrected chi connectivity index (χ3v) is 4.35. The Morgan fingerprint density at radius 1 is 1.45 bits per heavy atom. The lowest BCUT2D eigenvalue weighted by atomic mass is 9.86. The molecule has 3 rings (SSSR count). The molecule has 0 unspecified atom stereocenters. The average molecular weight is 272 g/mol. The maximum Gasteiger partial charge on any atom is 0.126 e. The zero-order valence-corrected chi connectivity index (χ0v) is 11.8. The highest BCUT2D eigenvalue weighted by Gasteiger charge is 2.40. The van der Waals surface area contributed by atoms with Crippen LogP contribution in [-0.2, 0) is 0 Å². The number of nitriles is 1. The van der Waals surface area contributed by atoms with Crippen LogP contribution in [0, 0.1) is 17.2 Å². The minimum absolute atomic E-state index is 0.497. The molecule has 0 bridgehead atoms. The molecule has 0 aromatic heterocycles. The van der Waals surface area contributed by atoms with Crippen LogP contribution in [0.25, 0.3) is 0 Å². The predicted octanol–water partition coefficient (Wildman–Crippen LogP) is 2.41. The molecule has 1 aromatic carbocycles. The number of ether oxygens (including phenoxy) is 2. The summed E-state index contributed by atoms with van der Waals surface area (Å²) in [6.45, 7) is 3.91. The number of methoxy groups -OCH3 is 1. The molecular formula is C16H20N2O2. The van der Waals surface area contributed by atoms with Crippen molar-refractivity contribution >= 4 is 0 Å². The molecule has 0 radical (unpaired) electrons. The number of rotatable bonds is 4. The van der Waals surface area contributed by atoms with Crippen LogP contribution in [0.15, 0.2) is 18.2 Å². The molecule has 0 spiro atoms. The molecule has 2 heterocycles. The molecule has 20 heavy (non-hydrogen) atoms. The van der Waals surface area contributed by atoms with E-state index in [0.717, 1.165) is 44.2 Å². The Balaban J connectivity index is 1.77. The standard InChI is InChI=1S/C16H20N2O2/c1-19-14-5-4-6-15-16(14)13-10-18(8-3-2-7-17)9-12(13)11-20-15/h4-6,12-13H,2-3,8-11H2,1H3/t12-,13+/m0/s1. The predicted molar refractivity (Wildman–Crippen MR) is 76.0 cm³/mol. The van der Waals surface area contributed by atoms with Crippen LogP contribution in [0.4, 0.5) is 0 Å². The van der Waals surface area contributed by atoms with Crippen molar-refractivity contribution in [2.75, 3.05) is 33.4 Å². The van der Waals surface area contributed by atoms with Crippen molar-refractivity contribution in [3.8, 4) is 17.6 Å². The number of fused-ring (bicyclic) bond motifs is 3. The highest BCUT2D eigenvalue weighted by atomic mass is 16.5. The quantitative estimate of drug-likeness (QED) is 0.790. The SMILES string of the molecule is COc1cccc2c1[C@@H]1CN(CCCC#N)C[C@H]1CO2. The highest BCUT2D eigenvalue weighted by molar-refractivity contribution is 5.49. The Kier molecular flexibility index (Phi) is 3.79. The number of nitrogens with zero attached hydrogens (tertiary/aromatic N) is 2. The van der Waals surface area contributed by atoms with E-state index in [1.54, 1.807) is 7.11 Å². The molecular weight excluding hydrogens is 252 g/mol. The maximum absolute atomic E-state index is 8.64.